The fourth-order valence-electron chi connectivity index (χ4n) is 7.78. The van der Waals surface area contributed by atoms with Gasteiger partial charge in [0.25, 0.3) is 0 Å². The van der Waals surface area contributed by atoms with Crippen LogP contribution in [0.3, 0.4) is 0 Å². The van der Waals surface area contributed by atoms with Crippen LogP contribution in [-0.4, -0.2) is 37.2 Å². The van der Waals surface area contributed by atoms with Gasteiger partial charge in [0.05, 0.1) is 0 Å². The zero-order valence-corrected chi connectivity index (χ0v) is 48.7. The van der Waals surface area contributed by atoms with Gasteiger partial charge in [0.1, 0.15) is 13.2 Å². The van der Waals surface area contributed by atoms with E-state index in [0.717, 1.165) is 161 Å². The molecule has 0 radical (unpaired) electrons. The van der Waals surface area contributed by atoms with E-state index >= 15 is 0 Å². The molecule has 0 amide bonds. The molecule has 0 bridgehead atoms. The third-order valence-corrected chi connectivity index (χ3v) is 12.3. The maximum absolute atomic E-state index is 12.8. The van der Waals surface area contributed by atoms with Crippen molar-refractivity contribution in [3.05, 3.63) is 158 Å². The second kappa shape index (κ2) is 62.6. The molecule has 0 saturated heterocycles. The highest BCUT2D eigenvalue weighted by Gasteiger charge is 2.19. The molecular formula is C70H110O6. The molecule has 0 aromatic carbocycles. The van der Waals surface area contributed by atoms with Gasteiger partial charge in [-0.1, -0.05) is 256 Å². The fourth-order valence-corrected chi connectivity index (χ4v) is 7.78. The first kappa shape index (κ1) is 71.0. The second-order valence-corrected chi connectivity index (χ2v) is 19.5. The van der Waals surface area contributed by atoms with Crippen molar-refractivity contribution in [2.24, 2.45) is 0 Å². The van der Waals surface area contributed by atoms with Crippen molar-refractivity contribution >= 4 is 17.9 Å². The van der Waals surface area contributed by atoms with Crippen LogP contribution in [0, 0.1) is 0 Å². The Morgan fingerprint density at radius 2 is 0.513 bits per heavy atom. The molecule has 0 N–H and O–H groups in total. The molecule has 76 heavy (non-hydrogen) atoms. The second-order valence-electron chi connectivity index (χ2n) is 19.5. The molecule has 1 atom stereocenters. The van der Waals surface area contributed by atoms with Crippen LogP contribution in [0.5, 0.6) is 0 Å². The van der Waals surface area contributed by atoms with Crippen LogP contribution in [0.2, 0.25) is 0 Å². The van der Waals surface area contributed by atoms with E-state index < -0.39 is 6.10 Å². The molecule has 0 rings (SSSR count). The van der Waals surface area contributed by atoms with Crippen molar-refractivity contribution in [2.75, 3.05) is 13.2 Å². The smallest absolute Gasteiger partial charge is 0.306 e. The molecule has 0 aromatic heterocycles. The summed E-state index contributed by atoms with van der Waals surface area (Å²) in [5.41, 5.74) is 0. The Kier molecular flexibility index (Phi) is 58.5. The molecule has 0 spiro atoms. The number of esters is 3. The zero-order chi connectivity index (χ0) is 55.0. The molecule has 6 nitrogen and oxygen atoms in total. The largest absolute Gasteiger partial charge is 0.462 e. The Hall–Kier alpha value is -4.97. The summed E-state index contributed by atoms with van der Waals surface area (Å²) in [4.78, 5) is 37.9. The SMILES string of the molecule is CC/C=C\C/C=C\C/C=C\C/C=C\C/C=C\C/C=C\C/C=C\C/C=C\C/C=C\CCCCCCCCCC(=O)OCC(COC(=O)CCCCCCCC)OC(=O)CCCCCC/C=C\C/C=C\C/C=C\C/C=C\CC. The van der Waals surface area contributed by atoms with Gasteiger partial charge in [0.15, 0.2) is 6.10 Å². The highest BCUT2D eigenvalue weighted by Crippen LogP contribution is 2.13. The molecule has 0 aliphatic carbocycles. The van der Waals surface area contributed by atoms with Crippen molar-refractivity contribution < 1.29 is 28.6 Å². The van der Waals surface area contributed by atoms with Crippen LogP contribution in [0.4, 0.5) is 0 Å². The highest BCUT2D eigenvalue weighted by atomic mass is 16.6. The van der Waals surface area contributed by atoms with Crippen LogP contribution in [-0.2, 0) is 28.6 Å². The number of ether oxygens (including phenoxy) is 3. The van der Waals surface area contributed by atoms with Gasteiger partial charge in [-0.2, -0.15) is 0 Å². The zero-order valence-electron chi connectivity index (χ0n) is 48.7. The van der Waals surface area contributed by atoms with Crippen LogP contribution in [0.15, 0.2) is 158 Å². The van der Waals surface area contributed by atoms with E-state index in [0.29, 0.717) is 19.3 Å². The van der Waals surface area contributed by atoms with Crippen LogP contribution in [0.25, 0.3) is 0 Å². The first-order chi connectivity index (χ1) is 37.5. The lowest BCUT2D eigenvalue weighted by Gasteiger charge is -2.18. The van der Waals surface area contributed by atoms with Gasteiger partial charge in [0, 0.05) is 19.3 Å². The van der Waals surface area contributed by atoms with Gasteiger partial charge in [-0.3, -0.25) is 14.4 Å². The van der Waals surface area contributed by atoms with Gasteiger partial charge >= 0.3 is 17.9 Å². The van der Waals surface area contributed by atoms with Crippen LogP contribution >= 0.6 is 0 Å². The summed E-state index contributed by atoms with van der Waals surface area (Å²) in [5, 5.41) is 0. The van der Waals surface area contributed by atoms with E-state index in [1.165, 1.54) is 44.9 Å². The Labute approximate surface area is 467 Å². The monoisotopic (exact) mass is 1050 g/mol. The highest BCUT2D eigenvalue weighted by molar-refractivity contribution is 5.71. The Balaban J connectivity index is 4.16. The molecule has 6 heteroatoms. The maximum Gasteiger partial charge on any atom is 0.306 e. The van der Waals surface area contributed by atoms with Crippen molar-refractivity contribution in [2.45, 2.75) is 252 Å². The van der Waals surface area contributed by atoms with Crippen molar-refractivity contribution in [3.8, 4) is 0 Å². The van der Waals surface area contributed by atoms with Crippen LogP contribution < -0.4 is 0 Å². The number of hydrogen-bond donors (Lipinski definition) is 0. The van der Waals surface area contributed by atoms with Crippen molar-refractivity contribution in [1.29, 1.82) is 0 Å². The average molecular weight is 1050 g/mol. The molecule has 0 aliphatic heterocycles. The standard InChI is InChI=1S/C70H110O6/c1-4-7-10-13-16-18-20-22-24-26-27-28-29-30-31-32-33-34-35-36-37-38-39-40-41-42-43-45-46-48-50-52-54-57-60-63-69(72)75-66-67(65-74-68(71)62-59-56-15-12-9-6-3)76-70(73)64-61-58-55-53-51-49-47-44-25-23-21-19-17-14-11-8-5-2/h7-8,10-11,16-19,22-25,27-28,30-31,33-34,36-37,39-40,42-43,47,49,67H,4-6,9,12-15,20-21,26,29,32,35,38,41,44-46,48,50-66H2,1-3H3/b10-7-,11-8-,18-16-,19-17-,24-22-,25-23-,28-27-,31-30-,34-33-,37-36-,40-39-,43-42-,49-47-. The number of carbonyl (C=O) groups excluding carboxylic acids is 3. The predicted octanol–water partition coefficient (Wildman–Crippen LogP) is 20.9. The van der Waals surface area contributed by atoms with Gasteiger partial charge in [0.2, 0.25) is 0 Å². The molecule has 0 aliphatic rings. The average Bonchev–Trinajstić information content (AvgIpc) is 3.42. The van der Waals surface area contributed by atoms with Gasteiger partial charge < -0.3 is 14.2 Å². The number of allylic oxidation sites excluding steroid dienone is 26. The summed E-state index contributed by atoms with van der Waals surface area (Å²) >= 11 is 0. The Morgan fingerprint density at radius 3 is 0.803 bits per heavy atom. The summed E-state index contributed by atoms with van der Waals surface area (Å²) in [6.07, 6.45) is 91.3. The molecule has 1 unspecified atom stereocenters. The maximum atomic E-state index is 12.8. The number of carbonyl (C=O) groups is 3. The first-order valence-corrected chi connectivity index (χ1v) is 30.5. The number of rotatable bonds is 53. The van der Waals surface area contributed by atoms with E-state index in [9.17, 15) is 14.4 Å². The van der Waals surface area contributed by atoms with Crippen molar-refractivity contribution in [3.63, 3.8) is 0 Å². The topological polar surface area (TPSA) is 78.9 Å². The molecule has 0 fully saturated rings. The van der Waals surface area contributed by atoms with Gasteiger partial charge in [-0.15, -0.1) is 0 Å². The molecule has 426 valence electrons. The summed E-state index contributed by atoms with van der Waals surface area (Å²) in [7, 11) is 0. The van der Waals surface area contributed by atoms with E-state index in [1.54, 1.807) is 0 Å². The minimum absolute atomic E-state index is 0.0967. The minimum atomic E-state index is -0.799. The number of hydrogen-bond acceptors (Lipinski definition) is 6. The van der Waals surface area contributed by atoms with Crippen LogP contribution in [0.1, 0.15) is 245 Å². The molecule has 0 saturated carbocycles. The summed E-state index contributed by atoms with van der Waals surface area (Å²) in [6.45, 7) is 6.30. The normalized spacial score (nSPS) is 13.2. The van der Waals surface area contributed by atoms with Crippen molar-refractivity contribution in [1.82, 2.24) is 0 Å². The van der Waals surface area contributed by atoms with E-state index in [2.05, 4.69) is 179 Å². The fraction of sp³-hybridized carbons (Fsp3) is 0.586. The first-order valence-electron chi connectivity index (χ1n) is 30.5. The van der Waals surface area contributed by atoms with E-state index in [4.69, 9.17) is 14.2 Å². The minimum Gasteiger partial charge on any atom is -0.462 e. The lowest BCUT2D eigenvalue weighted by Crippen LogP contribution is -2.30. The van der Waals surface area contributed by atoms with E-state index in [-0.39, 0.29) is 31.1 Å². The summed E-state index contributed by atoms with van der Waals surface area (Å²) in [5.74, 6) is -0.949. The third-order valence-electron chi connectivity index (χ3n) is 12.3. The third kappa shape index (κ3) is 59.9. The molecule has 0 aromatic rings. The van der Waals surface area contributed by atoms with E-state index in [1.807, 2.05) is 0 Å². The Bertz CT molecular complexity index is 1720. The summed E-state index contributed by atoms with van der Waals surface area (Å²) < 4.78 is 16.7. The Morgan fingerprint density at radius 1 is 0.276 bits per heavy atom. The van der Waals surface area contributed by atoms with Gasteiger partial charge in [-0.25, -0.2) is 0 Å². The number of unbranched alkanes of at least 4 members (excludes halogenated alkanes) is 16. The predicted molar refractivity (Wildman–Crippen MR) is 329 cm³/mol. The quantitative estimate of drug-likeness (QED) is 0.0261. The lowest BCUT2D eigenvalue weighted by molar-refractivity contribution is -0.167. The van der Waals surface area contributed by atoms with Gasteiger partial charge in [-0.05, 0) is 128 Å². The molecular weight excluding hydrogens is 937 g/mol. The molecule has 0 heterocycles. The summed E-state index contributed by atoms with van der Waals surface area (Å²) in [6, 6.07) is 0. The lowest BCUT2D eigenvalue weighted by atomic mass is 10.1.